The molecule has 1 aliphatic carbocycles. The molecule has 1 aromatic rings. The van der Waals surface area contributed by atoms with E-state index in [1.165, 1.54) is 0 Å². The number of alkyl carbamates (subject to hydrolysis) is 1. The van der Waals surface area contributed by atoms with Crippen LogP contribution in [0, 0.1) is 5.92 Å². The molecule has 1 atom stereocenters. The van der Waals surface area contributed by atoms with E-state index in [2.05, 4.69) is 36.4 Å². The molecule has 1 saturated carbocycles. The van der Waals surface area contributed by atoms with Gasteiger partial charge in [-0.3, -0.25) is 4.79 Å². The highest BCUT2D eigenvalue weighted by atomic mass is 32.1. The first-order valence-corrected chi connectivity index (χ1v) is 10.4. The van der Waals surface area contributed by atoms with Crippen molar-refractivity contribution in [2.45, 2.75) is 84.3 Å². The summed E-state index contributed by atoms with van der Waals surface area (Å²) in [6, 6.07) is 0. The second-order valence-corrected chi connectivity index (χ2v) is 10.5. The monoisotopic (exact) mass is 395 g/mol. The number of hydrogen-bond acceptors (Lipinski definition) is 5. The van der Waals surface area contributed by atoms with Crippen molar-refractivity contribution in [1.82, 2.24) is 15.6 Å². The van der Waals surface area contributed by atoms with Crippen molar-refractivity contribution in [2.75, 3.05) is 6.54 Å². The van der Waals surface area contributed by atoms with Gasteiger partial charge in [-0.15, -0.1) is 11.3 Å². The average molecular weight is 396 g/mol. The minimum atomic E-state index is -0.543. The van der Waals surface area contributed by atoms with E-state index in [9.17, 15) is 9.59 Å². The summed E-state index contributed by atoms with van der Waals surface area (Å²) < 4.78 is 5.30. The highest BCUT2D eigenvalue weighted by molar-refractivity contribution is 7.09. The number of ether oxygens (including phenoxy) is 1. The molecular weight excluding hydrogens is 362 g/mol. The lowest BCUT2D eigenvalue weighted by Crippen LogP contribution is -2.56. The van der Waals surface area contributed by atoms with Gasteiger partial charge in [0.1, 0.15) is 5.60 Å². The van der Waals surface area contributed by atoms with Crippen LogP contribution in [0.5, 0.6) is 0 Å². The number of carbonyl (C=O) groups excluding carboxylic acids is 2. The summed E-state index contributed by atoms with van der Waals surface area (Å²) in [6.07, 6.45) is 1.90. The maximum Gasteiger partial charge on any atom is 0.407 e. The van der Waals surface area contributed by atoms with Crippen LogP contribution in [0.4, 0.5) is 4.79 Å². The average Bonchev–Trinajstić information content (AvgIpc) is 3.23. The molecule has 0 aromatic carbocycles. The summed E-state index contributed by atoms with van der Waals surface area (Å²) in [5.74, 6) is 0.304. The zero-order valence-corrected chi connectivity index (χ0v) is 18.4. The molecule has 1 unspecified atom stereocenters. The smallest absolute Gasteiger partial charge is 0.407 e. The lowest BCUT2D eigenvalue weighted by molar-refractivity contribution is -0.122. The molecule has 27 heavy (non-hydrogen) atoms. The molecule has 0 radical (unpaired) electrons. The SMILES string of the molecule is CC(C)(C)OC(=O)NCC(C)(NC(=O)Cc1csc(C(C)(C)C)n1)C1CC1. The van der Waals surface area contributed by atoms with Crippen LogP contribution in [0.1, 0.15) is 72.0 Å². The van der Waals surface area contributed by atoms with Crippen LogP contribution in [0.25, 0.3) is 0 Å². The van der Waals surface area contributed by atoms with Crippen molar-refractivity contribution in [3.63, 3.8) is 0 Å². The van der Waals surface area contributed by atoms with Crippen molar-refractivity contribution < 1.29 is 14.3 Å². The quantitative estimate of drug-likeness (QED) is 0.768. The van der Waals surface area contributed by atoms with Gasteiger partial charge in [0.25, 0.3) is 0 Å². The lowest BCUT2D eigenvalue weighted by atomic mass is 9.95. The van der Waals surface area contributed by atoms with Gasteiger partial charge in [-0.2, -0.15) is 0 Å². The number of rotatable bonds is 6. The third kappa shape index (κ3) is 6.79. The molecular formula is C20H33N3O3S. The number of hydrogen-bond donors (Lipinski definition) is 2. The molecule has 2 N–H and O–H groups in total. The number of aromatic nitrogens is 1. The molecule has 1 aromatic heterocycles. The van der Waals surface area contributed by atoms with Gasteiger partial charge in [0.2, 0.25) is 5.91 Å². The molecule has 6 nitrogen and oxygen atoms in total. The Bertz CT molecular complexity index is 683. The van der Waals surface area contributed by atoms with Crippen LogP contribution in [0.15, 0.2) is 5.38 Å². The summed E-state index contributed by atoms with van der Waals surface area (Å²) in [5.41, 5.74) is -0.241. The molecule has 0 bridgehead atoms. The third-order valence-corrected chi connectivity index (χ3v) is 5.75. The van der Waals surface area contributed by atoms with Gasteiger partial charge in [-0.05, 0) is 46.5 Å². The minimum Gasteiger partial charge on any atom is -0.444 e. The van der Waals surface area contributed by atoms with E-state index in [1.54, 1.807) is 11.3 Å². The molecule has 2 rings (SSSR count). The lowest BCUT2D eigenvalue weighted by Gasteiger charge is -2.32. The van der Waals surface area contributed by atoms with Crippen molar-refractivity contribution >= 4 is 23.3 Å². The Morgan fingerprint density at radius 3 is 2.30 bits per heavy atom. The largest absolute Gasteiger partial charge is 0.444 e. The van der Waals surface area contributed by atoms with Crippen molar-refractivity contribution in [3.05, 3.63) is 16.1 Å². The summed E-state index contributed by atoms with van der Waals surface area (Å²) in [5, 5.41) is 8.91. The maximum absolute atomic E-state index is 12.6. The summed E-state index contributed by atoms with van der Waals surface area (Å²) >= 11 is 1.59. The Hall–Kier alpha value is -1.63. The highest BCUT2D eigenvalue weighted by Crippen LogP contribution is 2.39. The molecule has 7 heteroatoms. The third-order valence-electron chi connectivity index (χ3n) is 4.44. The van der Waals surface area contributed by atoms with E-state index < -0.39 is 17.2 Å². The predicted octanol–water partition coefficient (Wildman–Crippen LogP) is 3.79. The van der Waals surface area contributed by atoms with E-state index in [1.807, 2.05) is 33.1 Å². The van der Waals surface area contributed by atoms with Gasteiger partial charge < -0.3 is 15.4 Å². The molecule has 1 fully saturated rings. The van der Waals surface area contributed by atoms with E-state index in [0.29, 0.717) is 12.5 Å². The van der Waals surface area contributed by atoms with Crippen molar-refractivity contribution in [1.29, 1.82) is 0 Å². The number of amides is 2. The Morgan fingerprint density at radius 2 is 1.81 bits per heavy atom. The standard InChI is InChI=1S/C20H33N3O3S/c1-18(2,3)16-22-14(11-27-16)10-15(24)23-20(7,13-8-9-13)12-21-17(25)26-19(4,5)6/h11,13H,8-10,12H2,1-7H3,(H,21,25)(H,23,24). The number of nitrogens with zero attached hydrogens (tertiary/aromatic N) is 1. The van der Waals surface area contributed by atoms with Crippen molar-refractivity contribution in [2.24, 2.45) is 5.92 Å². The van der Waals surface area contributed by atoms with E-state index in [4.69, 9.17) is 4.74 Å². The predicted molar refractivity (Wildman–Crippen MR) is 108 cm³/mol. The molecule has 0 spiro atoms. The Kier molecular flexibility index (Phi) is 6.24. The fourth-order valence-electron chi connectivity index (χ4n) is 2.84. The summed E-state index contributed by atoms with van der Waals surface area (Å²) in [4.78, 5) is 29.2. The van der Waals surface area contributed by atoms with Crippen LogP contribution in [0.2, 0.25) is 0 Å². The van der Waals surface area contributed by atoms with Crippen LogP contribution >= 0.6 is 11.3 Å². The zero-order valence-electron chi connectivity index (χ0n) is 17.6. The summed E-state index contributed by atoms with van der Waals surface area (Å²) in [6.45, 7) is 14.2. The van der Waals surface area contributed by atoms with Gasteiger partial charge >= 0.3 is 6.09 Å². The van der Waals surface area contributed by atoms with Gasteiger partial charge in [-0.25, -0.2) is 9.78 Å². The number of carbonyl (C=O) groups is 2. The first-order valence-electron chi connectivity index (χ1n) is 9.51. The molecule has 152 valence electrons. The molecule has 1 aliphatic rings. The van der Waals surface area contributed by atoms with Gasteiger partial charge in [-0.1, -0.05) is 20.8 Å². The number of nitrogens with one attached hydrogen (secondary N) is 2. The van der Waals surface area contributed by atoms with Crippen LogP contribution in [-0.2, 0) is 21.4 Å². The minimum absolute atomic E-state index is 0.0146. The number of thiazole rings is 1. The highest BCUT2D eigenvalue weighted by Gasteiger charge is 2.43. The Labute approximate surface area is 166 Å². The van der Waals surface area contributed by atoms with Gasteiger partial charge in [0.15, 0.2) is 0 Å². The summed E-state index contributed by atoms with van der Waals surface area (Å²) in [7, 11) is 0. The van der Waals surface area contributed by atoms with E-state index in [0.717, 1.165) is 23.5 Å². The fourth-order valence-corrected chi connectivity index (χ4v) is 3.75. The van der Waals surface area contributed by atoms with Crippen LogP contribution in [-0.4, -0.2) is 34.7 Å². The zero-order chi connectivity index (χ0) is 20.5. The van der Waals surface area contributed by atoms with Gasteiger partial charge in [0.05, 0.1) is 22.7 Å². The molecule has 0 aliphatic heterocycles. The van der Waals surface area contributed by atoms with Crippen molar-refractivity contribution in [3.8, 4) is 0 Å². The van der Waals surface area contributed by atoms with Crippen LogP contribution in [0.3, 0.4) is 0 Å². The maximum atomic E-state index is 12.6. The molecule has 2 amide bonds. The van der Waals surface area contributed by atoms with E-state index >= 15 is 0 Å². The molecule has 0 saturated heterocycles. The second-order valence-electron chi connectivity index (χ2n) is 9.67. The van der Waals surface area contributed by atoms with E-state index in [-0.39, 0.29) is 17.7 Å². The first kappa shape index (κ1) is 21.7. The van der Waals surface area contributed by atoms with Gasteiger partial charge in [0, 0.05) is 17.3 Å². The molecule has 1 heterocycles. The van der Waals surface area contributed by atoms with Crippen LogP contribution < -0.4 is 10.6 Å². The fraction of sp³-hybridized carbons (Fsp3) is 0.750. The topological polar surface area (TPSA) is 80.3 Å². The normalized spacial score (nSPS) is 17.1. The Balaban J connectivity index is 1.93. The second kappa shape index (κ2) is 7.78. The Morgan fingerprint density at radius 1 is 1.19 bits per heavy atom. The first-order chi connectivity index (χ1) is 12.3.